The zero-order valence-electron chi connectivity index (χ0n) is 13.3. The lowest BCUT2D eigenvalue weighted by molar-refractivity contribution is 0.0811. The fourth-order valence-corrected chi connectivity index (χ4v) is 4.11. The predicted octanol–water partition coefficient (Wildman–Crippen LogP) is 4.25. The van der Waals surface area contributed by atoms with E-state index in [-0.39, 0.29) is 12.1 Å². The Bertz CT molecular complexity index is 720. The molecule has 0 spiro atoms. The summed E-state index contributed by atoms with van der Waals surface area (Å²) in [5.41, 5.74) is 2.17. The Morgan fingerprint density at radius 1 is 1.21 bits per heavy atom. The molecule has 5 heteroatoms. The van der Waals surface area contributed by atoms with Crippen molar-refractivity contribution in [3.8, 4) is 0 Å². The molecule has 4 nitrogen and oxygen atoms in total. The van der Waals surface area contributed by atoms with Crippen molar-refractivity contribution in [1.82, 2.24) is 9.88 Å². The Labute approximate surface area is 146 Å². The molecular formula is C19H19ClN2O2. The van der Waals surface area contributed by atoms with Gasteiger partial charge >= 0.3 is 6.09 Å². The minimum atomic E-state index is -0.210. The van der Waals surface area contributed by atoms with E-state index in [0.29, 0.717) is 23.6 Å². The van der Waals surface area contributed by atoms with Gasteiger partial charge in [0.05, 0.1) is 0 Å². The zero-order chi connectivity index (χ0) is 16.5. The fourth-order valence-electron chi connectivity index (χ4n) is 4.00. The highest BCUT2D eigenvalue weighted by molar-refractivity contribution is 6.29. The number of pyridine rings is 1. The molecule has 1 aliphatic heterocycles. The molecule has 0 unspecified atom stereocenters. The zero-order valence-corrected chi connectivity index (χ0v) is 14.0. The average molecular weight is 343 g/mol. The highest BCUT2D eigenvalue weighted by Gasteiger charge is 2.48. The van der Waals surface area contributed by atoms with Gasteiger partial charge in [-0.25, -0.2) is 9.78 Å². The number of hydrogen-bond donors (Lipinski definition) is 0. The highest BCUT2D eigenvalue weighted by Crippen LogP contribution is 2.47. The summed E-state index contributed by atoms with van der Waals surface area (Å²) >= 11 is 5.88. The van der Waals surface area contributed by atoms with Gasteiger partial charge in [0.15, 0.2) is 0 Å². The topological polar surface area (TPSA) is 42.4 Å². The molecule has 1 aromatic heterocycles. The van der Waals surface area contributed by atoms with Crippen molar-refractivity contribution in [2.45, 2.75) is 31.4 Å². The fraction of sp³-hybridized carbons (Fsp3) is 0.368. The number of likely N-dealkylation sites (tertiary alicyclic amines) is 1. The third-order valence-corrected chi connectivity index (χ3v) is 5.32. The number of halogens is 1. The van der Waals surface area contributed by atoms with Crippen LogP contribution in [0.4, 0.5) is 4.79 Å². The Balaban J connectivity index is 1.43. The number of benzene rings is 1. The van der Waals surface area contributed by atoms with Gasteiger partial charge in [-0.05, 0) is 36.0 Å². The van der Waals surface area contributed by atoms with Crippen LogP contribution < -0.4 is 0 Å². The first kappa shape index (κ1) is 15.5. The van der Waals surface area contributed by atoms with E-state index >= 15 is 0 Å². The lowest BCUT2D eigenvalue weighted by Gasteiger charge is -2.32. The molecule has 2 fully saturated rings. The van der Waals surface area contributed by atoms with Crippen molar-refractivity contribution in [2.75, 3.05) is 6.54 Å². The van der Waals surface area contributed by atoms with Crippen molar-refractivity contribution >= 4 is 17.7 Å². The summed E-state index contributed by atoms with van der Waals surface area (Å²) in [5.74, 6) is 0.887. The maximum atomic E-state index is 12.5. The molecule has 0 N–H and O–H groups in total. The van der Waals surface area contributed by atoms with E-state index in [1.54, 1.807) is 0 Å². The van der Waals surface area contributed by atoms with Gasteiger partial charge in [-0.1, -0.05) is 48.0 Å². The molecule has 1 aromatic carbocycles. The second-order valence-electron chi connectivity index (χ2n) is 6.62. The van der Waals surface area contributed by atoms with Crippen molar-refractivity contribution < 1.29 is 9.53 Å². The van der Waals surface area contributed by atoms with Crippen LogP contribution >= 0.6 is 11.6 Å². The largest absolute Gasteiger partial charge is 0.445 e. The van der Waals surface area contributed by atoms with Gasteiger partial charge in [0.2, 0.25) is 0 Å². The van der Waals surface area contributed by atoms with E-state index in [1.807, 2.05) is 53.6 Å². The van der Waals surface area contributed by atoms with Gasteiger partial charge in [-0.15, -0.1) is 0 Å². The molecule has 2 aromatic rings. The summed E-state index contributed by atoms with van der Waals surface area (Å²) in [4.78, 5) is 18.6. The normalized spacial score (nSPS) is 25.0. The summed E-state index contributed by atoms with van der Waals surface area (Å²) in [6, 6.07) is 13.8. The average Bonchev–Trinajstić information content (AvgIpc) is 3.22. The molecule has 2 aliphatic rings. The molecule has 4 rings (SSSR count). The van der Waals surface area contributed by atoms with Crippen LogP contribution in [-0.4, -0.2) is 28.6 Å². The molecule has 0 radical (unpaired) electrons. The van der Waals surface area contributed by atoms with Crippen molar-refractivity contribution in [2.24, 2.45) is 5.92 Å². The number of amides is 1. The van der Waals surface area contributed by atoms with Gasteiger partial charge < -0.3 is 9.64 Å². The summed E-state index contributed by atoms with van der Waals surface area (Å²) in [7, 11) is 0. The van der Waals surface area contributed by atoms with Gasteiger partial charge in [-0.3, -0.25) is 0 Å². The highest BCUT2D eigenvalue weighted by atomic mass is 35.5. The molecule has 24 heavy (non-hydrogen) atoms. The van der Waals surface area contributed by atoms with Crippen molar-refractivity contribution in [1.29, 1.82) is 0 Å². The molecule has 2 heterocycles. The number of carbonyl (C=O) groups excluding carboxylic acids is 1. The third kappa shape index (κ3) is 2.98. The van der Waals surface area contributed by atoms with Crippen LogP contribution in [0.2, 0.25) is 5.15 Å². The first-order chi connectivity index (χ1) is 11.7. The molecule has 1 amide bonds. The van der Waals surface area contributed by atoms with Crippen LogP contribution in [0.25, 0.3) is 0 Å². The number of rotatable bonds is 3. The number of ether oxygens (including phenoxy) is 1. The van der Waals surface area contributed by atoms with E-state index in [2.05, 4.69) is 4.98 Å². The monoisotopic (exact) mass is 342 g/mol. The number of piperidine rings is 1. The van der Waals surface area contributed by atoms with E-state index in [4.69, 9.17) is 16.3 Å². The minimum Gasteiger partial charge on any atom is -0.445 e. The second kappa shape index (κ2) is 6.44. The maximum Gasteiger partial charge on any atom is 0.410 e. The van der Waals surface area contributed by atoms with Crippen LogP contribution in [0.1, 0.15) is 29.9 Å². The minimum absolute atomic E-state index is 0.209. The van der Waals surface area contributed by atoms with Crippen LogP contribution in [0.3, 0.4) is 0 Å². The van der Waals surface area contributed by atoms with E-state index < -0.39 is 0 Å². The Hall–Kier alpha value is -2.07. The molecule has 2 bridgehead atoms. The van der Waals surface area contributed by atoms with Gasteiger partial charge in [-0.2, -0.15) is 0 Å². The smallest absolute Gasteiger partial charge is 0.410 e. The Morgan fingerprint density at radius 2 is 2.04 bits per heavy atom. The first-order valence-corrected chi connectivity index (χ1v) is 8.67. The van der Waals surface area contributed by atoms with E-state index in [9.17, 15) is 4.79 Å². The maximum absolute atomic E-state index is 12.5. The van der Waals surface area contributed by atoms with Gasteiger partial charge in [0, 0.05) is 24.7 Å². The lowest BCUT2D eigenvalue weighted by Crippen LogP contribution is -2.41. The lowest BCUT2D eigenvalue weighted by atomic mass is 9.92. The summed E-state index contributed by atoms with van der Waals surface area (Å²) < 4.78 is 5.52. The molecule has 1 aliphatic carbocycles. The Kier molecular flexibility index (Phi) is 4.15. The van der Waals surface area contributed by atoms with Gasteiger partial charge in [0.1, 0.15) is 11.8 Å². The number of carbonyl (C=O) groups is 1. The van der Waals surface area contributed by atoms with Crippen molar-refractivity contribution in [3.63, 3.8) is 0 Å². The summed E-state index contributed by atoms with van der Waals surface area (Å²) in [5, 5.41) is 0.501. The van der Waals surface area contributed by atoms with Crippen LogP contribution in [0, 0.1) is 5.92 Å². The molecule has 1 saturated carbocycles. The van der Waals surface area contributed by atoms with Crippen LogP contribution in [0.5, 0.6) is 0 Å². The summed E-state index contributed by atoms with van der Waals surface area (Å²) in [6.45, 7) is 1.12. The summed E-state index contributed by atoms with van der Waals surface area (Å²) in [6.07, 6.45) is 3.78. The predicted molar refractivity (Wildman–Crippen MR) is 91.8 cm³/mol. The molecule has 3 atom stereocenters. The van der Waals surface area contributed by atoms with E-state index in [0.717, 1.165) is 30.5 Å². The molecular weight excluding hydrogens is 324 g/mol. The second-order valence-corrected chi connectivity index (χ2v) is 7.01. The number of hydrogen-bond acceptors (Lipinski definition) is 3. The molecule has 124 valence electrons. The Morgan fingerprint density at radius 3 is 2.75 bits per heavy atom. The third-order valence-electron chi connectivity index (χ3n) is 5.10. The van der Waals surface area contributed by atoms with Crippen LogP contribution in [-0.2, 0) is 11.3 Å². The van der Waals surface area contributed by atoms with E-state index in [1.165, 1.54) is 0 Å². The number of aromatic nitrogens is 1. The first-order valence-electron chi connectivity index (χ1n) is 8.29. The van der Waals surface area contributed by atoms with Crippen LogP contribution in [0.15, 0.2) is 48.7 Å². The number of fused-ring (bicyclic) bond motifs is 2. The van der Waals surface area contributed by atoms with Crippen molar-refractivity contribution in [3.05, 3.63) is 64.9 Å². The quantitative estimate of drug-likeness (QED) is 0.783. The standard InChI is InChI=1S/C19H19ClN2O2/c20-18-7-6-15(10-21-18)16-8-14-9-17(16)22(11-14)19(23)24-12-13-4-2-1-3-5-13/h1-7,10,14,16-17H,8-9,11-12H2/t14-,16+,17-/m0/s1. The van der Waals surface area contributed by atoms with Gasteiger partial charge in [0.25, 0.3) is 0 Å². The molecule has 1 saturated heterocycles. The number of nitrogens with zero attached hydrogens (tertiary/aromatic N) is 2. The SMILES string of the molecule is O=C(OCc1ccccc1)N1C[C@H]2C[C@H](c3ccc(Cl)nc3)[C@@H]1C2.